The fourth-order valence-corrected chi connectivity index (χ4v) is 2.40. The number of halogens is 1. The topological polar surface area (TPSA) is 49.3 Å². The van der Waals surface area contributed by atoms with Crippen LogP contribution in [0.1, 0.15) is 42.3 Å². The average Bonchev–Trinajstić information content (AvgIpc) is 2.59. The third-order valence-electron chi connectivity index (χ3n) is 4.01. The summed E-state index contributed by atoms with van der Waals surface area (Å²) < 4.78 is 0. The van der Waals surface area contributed by atoms with Gasteiger partial charge >= 0.3 is 0 Å². The Morgan fingerprint density at radius 3 is 2.50 bits per heavy atom. The number of benzene rings is 1. The highest BCUT2D eigenvalue weighted by Crippen LogP contribution is 2.13. The van der Waals surface area contributed by atoms with E-state index in [4.69, 9.17) is 0 Å². The van der Waals surface area contributed by atoms with Gasteiger partial charge in [-0.1, -0.05) is 37.3 Å². The standard InChI is InChI=1S/C19H26N4.HI/c1-5-16-8-10-17(11-9-16)15(3)23-19(20-4)22-13-18-14(2)7-6-12-21-18;/h6-12,15H,5,13H2,1-4H3,(H2,20,22,23);1H. The summed E-state index contributed by atoms with van der Waals surface area (Å²) in [5, 5.41) is 6.75. The number of aromatic nitrogens is 1. The minimum atomic E-state index is 0. The third kappa shape index (κ3) is 5.78. The van der Waals surface area contributed by atoms with Gasteiger partial charge in [0.15, 0.2) is 5.96 Å². The highest BCUT2D eigenvalue weighted by molar-refractivity contribution is 14.0. The zero-order chi connectivity index (χ0) is 16.7. The van der Waals surface area contributed by atoms with Crippen LogP contribution in [0.3, 0.4) is 0 Å². The first kappa shape index (κ1) is 20.4. The molecule has 4 nitrogen and oxygen atoms in total. The maximum atomic E-state index is 4.40. The minimum absolute atomic E-state index is 0. The quantitative estimate of drug-likeness (QED) is 0.422. The van der Waals surface area contributed by atoms with Crippen molar-refractivity contribution in [2.75, 3.05) is 7.05 Å². The van der Waals surface area contributed by atoms with Crippen LogP contribution in [-0.2, 0) is 13.0 Å². The first-order chi connectivity index (χ1) is 11.1. The molecule has 0 aliphatic rings. The van der Waals surface area contributed by atoms with Gasteiger partial charge in [-0.3, -0.25) is 9.98 Å². The molecular formula is C19H27IN4. The summed E-state index contributed by atoms with van der Waals surface area (Å²) in [5.74, 6) is 0.780. The fourth-order valence-electron chi connectivity index (χ4n) is 2.40. The van der Waals surface area contributed by atoms with Crippen molar-refractivity contribution in [3.8, 4) is 0 Å². The van der Waals surface area contributed by atoms with Gasteiger partial charge in [-0.25, -0.2) is 0 Å². The lowest BCUT2D eigenvalue weighted by atomic mass is 10.1. The van der Waals surface area contributed by atoms with Crippen molar-refractivity contribution >= 4 is 29.9 Å². The molecule has 1 atom stereocenters. The van der Waals surface area contributed by atoms with Crippen LogP contribution in [0.5, 0.6) is 0 Å². The molecule has 0 aliphatic carbocycles. The lowest BCUT2D eigenvalue weighted by Gasteiger charge is -2.18. The van der Waals surface area contributed by atoms with Crippen LogP contribution < -0.4 is 10.6 Å². The van der Waals surface area contributed by atoms with Gasteiger partial charge in [-0.15, -0.1) is 24.0 Å². The SMILES string of the molecule is CCc1ccc(C(C)NC(=NC)NCc2ncccc2C)cc1.I. The van der Waals surface area contributed by atoms with E-state index in [1.807, 2.05) is 12.3 Å². The maximum Gasteiger partial charge on any atom is 0.191 e. The van der Waals surface area contributed by atoms with Crippen LogP contribution in [0.4, 0.5) is 0 Å². The highest BCUT2D eigenvalue weighted by Gasteiger charge is 2.08. The summed E-state index contributed by atoms with van der Waals surface area (Å²) in [6.07, 6.45) is 2.88. The average molecular weight is 438 g/mol. The van der Waals surface area contributed by atoms with Gasteiger partial charge in [0.25, 0.3) is 0 Å². The summed E-state index contributed by atoms with van der Waals surface area (Å²) in [6, 6.07) is 12.9. The van der Waals surface area contributed by atoms with Crippen molar-refractivity contribution in [2.45, 2.75) is 39.8 Å². The Hall–Kier alpha value is -1.63. The van der Waals surface area contributed by atoms with Crippen LogP contribution >= 0.6 is 24.0 Å². The van der Waals surface area contributed by atoms with Crippen LogP contribution in [-0.4, -0.2) is 18.0 Å². The van der Waals surface area contributed by atoms with E-state index < -0.39 is 0 Å². The Kier molecular flexibility index (Phi) is 8.74. The molecule has 0 bridgehead atoms. The van der Waals surface area contributed by atoms with E-state index in [-0.39, 0.29) is 30.0 Å². The van der Waals surface area contributed by atoms with E-state index >= 15 is 0 Å². The Labute approximate surface area is 162 Å². The van der Waals surface area contributed by atoms with Gasteiger partial charge < -0.3 is 10.6 Å². The van der Waals surface area contributed by atoms with Crippen LogP contribution in [0.25, 0.3) is 0 Å². The molecule has 130 valence electrons. The molecule has 0 fully saturated rings. The molecule has 0 saturated heterocycles. The molecule has 0 saturated carbocycles. The van der Waals surface area contributed by atoms with E-state index in [9.17, 15) is 0 Å². The zero-order valence-corrected chi connectivity index (χ0v) is 17.2. The Morgan fingerprint density at radius 2 is 1.92 bits per heavy atom. The summed E-state index contributed by atoms with van der Waals surface area (Å²) >= 11 is 0. The van der Waals surface area contributed by atoms with Gasteiger partial charge in [0.2, 0.25) is 0 Å². The van der Waals surface area contributed by atoms with Gasteiger partial charge in [0, 0.05) is 13.2 Å². The van der Waals surface area contributed by atoms with Gasteiger partial charge in [-0.05, 0) is 43.0 Å². The van der Waals surface area contributed by atoms with Gasteiger partial charge in [0.1, 0.15) is 0 Å². The van der Waals surface area contributed by atoms with Crippen LogP contribution in [0.2, 0.25) is 0 Å². The van der Waals surface area contributed by atoms with Crippen molar-refractivity contribution < 1.29 is 0 Å². The predicted molar refractivity (Wildman–Crippen MR) is 112 cm³/mol. The molecule has 1 unspecified atom stereocenters. The first-order valence-corrected chi connectivity index (χ1v) is 8.10. The Balaban J connectivity index is 0.00000288. The second-order valence-corrected chi connectivity index (χ2v) is 5.65. The molecule has 0 amide bonds. The number of pyridine rings is 1. The van der Waals surface area contributed by atoms with Crippen molar-refractivity contribution in [3.05, 3.63) is 65.0 Å². The van der Waals surface area contributed by atoms with E-state index in [1.54, 1.807) is 7.05 Å². The molecule has 0 radical (unpaired) electrons. The number of aryl methyl sites for hydroxylation is 2. The van der Waals surface area contributed by atoms with Crippen LogP contribution in [0, 0.1) is 6.92 Å². The second-order valence-electron chi connectivity index (χ2n) is 5.65. The molecule has 1 aromatic heterocycles. The van der Waals surface area contributed by atoms with E-state index in [2.05, 4.69) is 71.7 Å². The largest absolute Gasteiger partial charge is 0.351 e. The summed E-state index contributed by atoms with van der Waals surface area (Å²) in [6.45, 7) is 7.04. The van der Waals surface area contributed by atoms with Crippen molar-refractivity contribution in [1.29, 1.82) is 0 Å². The summed E-state index contributed by atoms with van der Waals surface area (Å²) in [4.78, 5) is 8.69. The monoisotopic (exact) mass is 438 g/mol. The number of aliphatic imine (C=N–C) groups is 1. The number of guanidine groups is 1. The van der Waals surface area contributed by atoms with Crippen LogP contribution in [0.15, 0.2) is 47.6 Å². The third-order valence-corrected chi connectivity index (χ3v) is 4.01. The Bertz CT molecular complexity index is 653. The molecule has 5 heteroatoms. The molecule has 2 aromatic rings. The first-order valence-electron chi connectivity index (χ1n) is 8.10. The Morgan fingerprint density at radius 1 is 1.21 bits per heavy atom. The van der Waals surface area contributed by atoms with Gasteiger partial charge in [0.05, 0.1) is 18.3 Å². The number of nitrogens with one attached hydrogen (secondary N) is 2. The lowest BCUT2D eigenvalue weighted by molar-refractivity contribution is 0.682. The maximum absolute atomic E-state index is 4.40. The number of rotatable bonds is 5. The summed E-state index contributed by atoms with van der Waals surface area (Å²) in [5.41, 5.74) is 4.82. The number of hydrogen-bond donors (Lipinski definition) is 2. The number of nitrogens with zero attached hydrogens (tertiary/aromatic N) is 2. The molecule has 0 spiro atoms. The summed E-state index contributed by atoms with van der Waals surface area (Å²) in [7, 11) is 1.79. The fraction of sp³-hybridized carbons (Fsp3) is 0.368. The minimum Gasteiger partial charge on any atom is -0.351 e. The molecule has 1 heterocycles. The van der Waals surface area contributed by atoms with Gasteiger partial charge in [-0.2, -0.15) is 0 Å². The molecule has 1 aromatic carbocycles. The van der Waals surface area contributed by atoms with Crippen molar-refractivity contribution in [2.24, 2.45) is 4.99 Å². The zero-order valence-electron chi connectivity index (χ0n) is 14.8. The molecule has 0 aliphatic heterocycles. The second kappa shape index (κ2) is 10.3. The molecule has 24 heavy (non-hydrogen) atoms. The highest BCUT2D eigenvalue weighted by atomic mass is 127. The normalized spacial score (nSPS) is 12.2. The number of hydrogen-bond acceptors (Lipinski definition) is 2. The van der Waals surface area contributed by atoms with Crippen molar-refractivity contribution in [3.63, 3.8) is 0 Å². The molecule has 2 rings (SSSR count). The van der Waals surface area contributed by atoms with E-state index in [0.717, 1.165) is 18.1 Å². The van der Waals surface area contributed by atoms with E-state index in [1.165, 1.54) is 16.7 Å². The molecular weight excluding hydrogens is 411 g/mol. The predicted octanol–water partition coefficient (Wildman–Crippen LogP) is 4.00. The van der Waals surface area contributed by atoms with E-state index in [0.29, 0.717) is 6.54 Å². The smallest absolute Gasteiger partial charge is 0.191 e. The molecule has 2 N–H and O–H groups in total. The van der Waals surface area contributed by atoms with Crippen molar-refractivity contribution in [1.82, 2.24) is 15.6 Å². The lowest BCUT2D eigenvalue weighted by Crippen LogP contribution is -2.38.